The van der Waals surface area contributed by atoms with E-state index in [9.17, 15) is 5.11 Å². The molecule has 0 atom stereocenters. The van der Waals surface area contributed by atoms with E-state index >= 15 is 0 Å². The van der Waals surface area contributed by atoms with Crippen molar-refractivity contribution < 1.29 is 5.11 Å². The fourth-order valence-electron chi connectivity index (χ4n) is 3.91. The van der Waals surface area contributed by atoms with Gasteiger partial charge in [-0.15, -0.1) is 0 Å². The number of benzene rings is 4. The van der Waals surface area contributed by atoms with Crippen molar-refractivity contribution in [3.8, 4) is 5.75 Å². The van der Waals surface area contributed by atoms with Crippen LogP contribution in [-0.2, 0) is 5.41 Å². The number of hydrogen-bond donors (Lipinski definition) is 4. The first-order valence-corrected chi connectivity index (χ1v) is 9.38. The highest BCUT2D eigenvalue weighted by atomic mass is 16.3. The summed E-state index contributed by atoms with van der Waals surface area (Å²) in [7, 11) is 0. The van der Waals surface area contributed by atoms with Gasteiger partial charge in [0.2, 0.25) is 0 Å². The summed E-state index contributed by atoms with van der Waals surface area (Å²) >= 11 is 0. The Hall–Kier alpha value is -3.92. The Morgan fingerprint density at radius 3 is 0.931 bits per heavy atom. The summed E-state index contributed by atoms with van der Waals surface area (Å²) in [4.78, 5) is 0. The first-order chi connectivity index (χ1) is 14.0. The van der Waals surface area contributed by atoms with Gasteiger partial charge in [0.15, 0.2) is 0 Å². The second-order valence-corrected chi connectivity index (χ2v) is 7.16. The fourth-order valence-corrected chi connectivity index (χ4v) is 3.91. The smallest absolute Gasteiger partial charge is 0.115 e. The zero-order chi connectivity index (χ0) is 20.4. The lowest BCUT2D eigenvalue weighted by Gasteiger charge is -2.37. The predicted molar refractivity (Wildman–Crippen MR) is 120 cm³/mol. The molecule has 4 aromatic rings. The van der Waals surface area contributed by atoms with Crippen LogP contribution in [0.2, 0.25) is 0 Å². The number of aromatic hydroxyl groups is 1. The number of anilines is 3. The van der Waals surface area contributed by atoms with Crippen LogP contribution in [-0.4, -0.2) is 5.11 Å². The number of nitrogens with two attached hydrogens (primary N) is 3. The second-order valence-electron chi connectivity index (χ2n) is 7.16. The van der Waals surface area contributed by atoms with Gasteiger partial charge in [-0.2, -0.15) is 0 Å². The SMILES string of the molecule is Nc1ccc(C(c2ccc(N)cc2)(c2ccc(N)cc2)c2ccc(O)cc2)cc1. The molecule has 29 heavy (non-hydrogen) atoms. The maximum absolute atomic E-state index is 9.89. The van der Waals surface area contributed by atoms with Crippen LogP contribution >= 0.6 is 0 Å². The first-order valence-electron chi connectivity index (χ1n) is 9.38. The Bertz CT molecular complexity index is 913. The lowest BCUT2D eigenvalue weighted by Crippen LogP contribution is -2.31. The zero-order valence-electron chi connectivity index (χ0n) is 15.9. The lowest BCUT2D eigenvalue weighted by atomic mass is 9.65. The van der Waals surface area contributed by atoms with Gasteiger partial charge in [0.1, 0.15) is 5.75 Å². The van der Waals surface area contributed by atoms with Crippen molar-refractivity contribution in [1.29, 1.82) is 0 Å². The van der Waals surface area contributed by atoms with Gasteiger partial charge in [-0.25, -0.2) is 0 Å². The molecule has 144 valence electrons. The van der Waals surface area contributed by atoms with Crippen LogP contribution in [0.3, 0.4) is 0 Å². The molecule has 0 fully saturated rings. The van der Waals surface area contributed by atoms with E-state index in [-0.39, 0.29) is 5.75 Å². The largest absolute Gasteiger partial charge is 0.508 e. The molecule has 4 rings (SSSR count). The molecule has 0 aliphatic carbocycles. The average molecular weight is 381 g/mol. The van der Waals surface area contributed by atoms with Crippen LogP contribution in [0.1, 0.15) is 22.3 Å². The Kier molecular flexibility index (Phi) is 4.61. The van der Waals surface area contributed by atoms with Crippen LogP contribution in [0, 0.1) is 0 Å². The molecule has 0 aromatic heterocycles. The van der Waals surface area contributed by atoms with Gasteiger partial charge in [-0.3, -0.25) is 0 Å². The minimum absolute atomic E-state index is 0.217. The number of phenolic OH excluding ortho intramolecular Hbond substituents is 1. The van der Waals surface area contributed by atoms with Gasteiger partial charge >= 0.3 is 0 Å². The summed E-state index contributed by atoms with van der Waals surface area (Å²) in [6.07, 6.45) is 0. The highest BCUT2D eigenvalue weighted by molar-refractivity contribution is 5.63. The standard InChI is InChI=1S/C25H23N3O/c26-21-9-1-17(2-10-21)25(18-3-11-22(27)12-4-18,19-5-13-23(28)14-6-19)20-7-15-24(29)16-8-20/h1-16,29H,26-28H2. The number of phenols is 1. The van der Waals surface area contributed by atoms with Crippen molar-refractivity contribution in [3.05, 3.63) is 119 Å². The van der Waals surface area contributed by atoms with E-state index < -0.39 is 5.41 Å². The van der Waals surface area contributed by atoms with E-state index in [1.807, 2.05) is 84.9 Å². The molecule has 0 saturated heterocycles. The maximum atomic E-state index is 9.89. The van der Waals surface area contributed by atoms with Crippen molar-refractivity contribution in [1.82, 2.24) is 0 Å². The van der Waals surface area contributed by atoms with Crippen LogP contribution in [0.15, 0.2) is 97.1 Å². The summed E-state index contributed by atoms with van der Waals surface area (Å²) in [5, 5.41) is 9.89. The molecule has 0 bridgehead atoms. The topological polar surface area (TPSA) is 98.3 Å². The van der Waals surface area contributed by atoms with Gasteiger partial charge in [-0.05, 0) is 70.8 Å². The van der Waals surface area contributed by atoms with Crippen molar-refractivity contribution >= 4 is 17.1 Å². The van der Waals surface area contributed by atoms with Gasteiger partial charge in [0.05, 0.1) is 5.41 Å². The molecule has 4 heteroatoms. The monoisotopic (exact) mass is 381 g/mol. The quantitative estimate of drug-likeness (QED) is 0.308. The molecular weight excluding hydrogens is 358 g/mol. The normalized spacial score (nSPS) is 11.3. The van der Waals surface area contributed by atoms with Crippen LogP contribution in [0.25, 0.3) is 0 Å². The van der Waals surface area contributed by atoms with Gasteiger partial charge in [-0.1, -0.05) is 48.5 Å². The van der Waals surface area contributed by atoms with E-state index in [1.54, 1.807) is 12.1 Å². The molecule has 0 aliphatic heterocycles. The lowest BCUT2D eigenvalue weighted by molar-refractivity contribution is 0.475. The van der Waals surface area contributed by atoms with Gasteiger partial charge in [0.25, 0.3) is 0 Å². The molecule has 0 amide bonds. The Morgan fingerprint density at radius 2 is 0.655 bits per heavy atom. The Morgan fingerprint density at radius 1 is 0.414 bits per heavy atom. The van der Waals surface area contributed by atoms with Crippen molar-refractivity contribution in [2.75, 3.05) is 17.2 Å². The fraction of sp³-hybridized carbons (Fsp3) is 0.0400. The summed E-state index contributed by atoms with van der Waals surface area (Å²) in [6, 6.07) is 30.9. The minimum Gasteiger partial charge on any atom is -0.508 e. The number of rotatable bonds is 4. The molecule has 0 saturated carbocycles. The molecule has 0 spiro atoms. The zero-order valence-corrected chi connectivity index (χ0v) is 15.9. The van der Waals surface area contributed by atoms with E-state index in [1.165, 1.54) is 0 Å². The molecule has 0 unspecified atom stereocenters. The average Bonchev–Trinajstić information content (AvgIpc) is 2.73. The van der Waals surface area contributed by atoms with Crippen LogP contribution in [0.5, 0.6) is 5.75 Å². The third-order valence-electron chi connectivity index (χ3n) is 5.33. The molecule has 0 aliphatic rings. The van der Waals surface area contributed by atoms with E-state index in [0.717, 1.165) is 22.3 Å². The number of nitrogen functional groups attached to an aromatic ring is 3. The van der Waals surface area contributed by atoms with Crippen LogP contribution < -0.4 is 17.2 Å². The molecule has 4 aromatic carbocycles. The summed E-state index contributed by atoms with van der Waals surface area (Å²) in [6.45, 7) is 0. The van der Waals surface area contributed by atoms with Crippen molar-refractivity contribution in [3.63, 3.8) is 0 Å². The highest BCUT2D eigenvalue weighted by Crippen LogP contribution is 2.46. The third kappa shape index (κ3) is 3.25. The molecule has 7 N–H and O–H groups in total. The van der Waals surface area contributed by atoms with Gasteiger partial charge < -0.3 is 22.3 Å². The van der Waals surface area contributed by atoms with E-state index in [2.05, 4.69) is 0 Å². The van der Waals surface area contributed by atoms with E-state index in [4.69, 9.17) is 17.2 Å². The van der Waals surface area contributed by atoms with Crippen LogP contribution in [0.4, 0.5) is 17.1 Å². The van der Waals surface area contributed by atoms with Gasteiger partial charge in [0, 0.05) is 17.1 Å². The van der Waals surface area contributed by atoms with Crippen molar-refractivity contribution in [2.45, 2.75) is 5.41 Å². The second kappa shape index (κ2) is 7.24. The van der Waals surface area contributed by atoms with Crippen molar-refractivity contribution in [2.24, 2.45) is 0 Å². The summed E-state index contributed by atoms with van der Waals surface area (Å²) in [5.74, 6) is 0.217. The Balaban J connectivity index is 2.11. The summed E-state index contributed by atoms with van der Waals surface area (Å²) in [5.41, 5.74) is 23.5. The van der Waals surface area contributed by atoms with E-state index in [0.29, 0.717) is 17.1 Å². The number of hydrogen-bond acceptors (Lipinski definition) is 4. The first kappa shape index (κ1) is 18.4. The molecular formula is C25H23N3O. The minimum atomic E-state index is -0.636. The Labute approximate surface area is 170 Å². The molecule has 4 nitrogen and oxygen atoms in total. The predicted octanol–water partition coefficient (Wildman–Crippen LogP) is 4.52. The molecule has 0 radical (unpaired) electrons. The maximum Gasteiger partial charge on any atom is 0.115 e. The summed E-state index contributed by atoms with van der Waals surface area (Å²) < 4.78 is 0. The highest BCUT2D eigenvalue weighted by Gasteiger charge is 2.38. The molecule has 0 heterocycles. The third-order valence-corrected chi connectivity index (χ3v) is 5.33.